The Balaban J connectivity index is 1.61. The lowest BCUT2D eigenvalue weighted by Gasteiger charge is -2.28. The molecule has 3 aromatic heterocycles. The molecule has 5 nitrogen and oxygen atoms in total. The third-order valence-corrected chi connectivity index (χ3v) is 5.82. The zero-order chi connectivity index (χ0) is 20.5. The Morgan fingerprint density at radius 2 is 2.00 bits per heavy atom. The van der Waals surface area contributed by atoms with Crippen molar-refractivity contribution in [1.29, 1.82) is 0 Å². The zero-order valence-electron chi connectivity index (χ0n) is 16.6. The van der Waals surface area contributed by atoms with Crippen LogP contribution in [-0.2, 0) is 6.54 Å². The van der Waals surface area contributed by atoms with E-state index in [4.69, 9.17) is 16.6 Å². The molecule has 0 aliphatic carbocycles. The number of nitrogens with one attached hydrogen (secondary N) is 1. The van der Waals surface area contributed by atoms with Gasteiger partial charge in [-0.1, -0.05) is 18.2 Å². The maximum atomic E-state index is 5.76. The molecule has 1 aromatic carbocycles. The molecule has 4 aromatic rings. The van der Waals surface area contributed by atoms with Crippen LogP contribution in [0.1, 0.15) is 34.8 Å². The van der Waals surface area contributed by atoms with Gasteiger partial charge in [-0.05, 0) is 73.2 Å². The number of hydrogen-bond donors (Lipinski definition) is 1. The number of aryl methyl sites for hydroxylation is 1. The van der Waals surface area contributed by atoms with Crippen molar-refractivity contribution in [3.05, 3.63) is 108 Å². The minimum atomic E-state index is -0.0629. The van der Waals surface area contributed by atoms with E-state index in [1.54, 1.807) is 6.26 Å². The monoisotopic (exact) mass is 414 g/mol. The molecule has 1 aliphatic heterocycles. The van der Waals surface area contributed by atoms with Crippen molar-refractivity contribution in [2.45, 2.75) is 25.6 Å². The summed E-state index contributed by atoms with van der Waals surface area (Å²) in [6, 6.07) is 22.5. The number of nitrogens with zero attached hydrogens (tertiary/aromatic N) is 3. The van der Waals surface area contributed by atoms with Gasteiger partial charge in [-0.15, -0.1) is 0 Å². The van der Waals surface area contributed by atoms with E-state index in [1.807, 2.05) is 36.5 Å². The molecule has 1 aliphatic rings. The molecule has 1 saturated heterocycles. The second kappa shape index (κ2) is 7.80. The smallest absolute Gasteiger partial charge is 0.170 e. The van der Waals surface area contributed by atoms with Gasteiger partial charge in [0.15, 0.2) is 5.11 Å². The fourth-order valence-electron chi connectivity index (χ4n) is 4.12. The van der Waals surface area contributed by atoms with Crippen LogP contribution in [0.25, 0.3) is 5.69 Å². The Kier molecular flexibility index (Phi) is 4.85. The molecule has 5 rings (SSSR count). The van der Waals surface area contributed by atoms with E-state index in [0.717, 1.165) is 22.8 Å². The highest BCUT2D eigenvalue weighted by atomic mass is 32.1. The molecule has 0 amide bonds. The predicted molar refractivity (Wildman–Crippen MR) is 120 cm³/mol. The highest BCUT2D eigenvalue weighted by molar-refractivity contribution is 7.80. The van der Waals surface area contributed by atoms with Crippen LogP contribution in [0.3, 0.4) is 0 Å². The van der Waals surface area contributed by atoms with E-state index < -0.39 is 0 Å². The third kappa shape index (κ3) is 3.39. The maximum absolute atomic E-state index is 5.76. The first-order valence-electron chi connectivity index (χ1n) is 9.95. The van der Waals surface area contributed by atoms with Crippen molar-refractivity contribution in [1.82, 2.24) is 19.8 Å². The van der Waals surface area contributed by atoms with E-state index in [0.29, 0.717) is 11.7 Å². The molecular formula is C24H22N4OS. The lowest BCUT2D eigenvalue weighted by atomic mass is 10.0. The van der Waals surface area contributed by atoms with Crippen LogP contribution in [0.2, 0.25) is 0 Å². The zero-order valence-corrected chi connectivity index (χ0v) is 17.4. The SMILES string of the molecule is Cc1cccc(-n2cccc2[C@H]2[C@H](c3ccccn3)NC(=S)N2Cc2ccco2)c1. The fourth-order valence-corrected chi connectivity index (χ4v) is 4.42. The van der Waals surface area contributed by atoms with Crippen LogP contribution < -0.4 is 5.32 Å². The second-order valence-corrected chi connectivity index (χ2v) is 7.86. The summed E-state index contributed by atoms with van der Waals surface area (Å²) in [5.74, 6) is 0.875. The minimum absolute atomic E-state index is 0.0342. The van der Waals surface area contributed by atoms with Gasteiger partial charge >= 0.3 is 0 Å². The number of benzene rings is 1. The summed E-state index contributed by atoms with van der Waals surface area (Å²) in [5, 5.41) is 4.20. The molecule has 1 fully saturated rings. The van der Waals surface area contributed by atoms with E-state index in [1.165, 1.54) is 5.56 Å². The summed E-state index contributed by atoms with van der Waals surface area (Å²) in [6.45, 7) is 2.70. The Morgan fingerprint density at radius 3 is 2.77 bits per heavy atom. The van der Waals surface area contributed by atoms with Gasteiger partial charge in [-0.25, -0.2) is 0 Å². The average molecular weight is 415 g/mol. The van der Waals surface area contributed by atoms with Crippen LogP contribution in [-0.4, -0.2) is 19.6 Å². The molecule has 0 unspecified atom stereocenters. The number of pyridine rings is 1. The first kappa shape index (κ1) is 18.6. The first-order valence-corrected chi connectivity index (χ1v) is 10.4. The first-order chi connectivity index (χ1) is 14.7. The number of hydrogen-bond acceptors (Lipinski definition) is 3. The van der Waals surface area contributed by atoms with Crippen LogP contribution in [0.5, 0.6) is 0 Å². The van der Waals surface area contributed by atoms with Crippen LogP contribution >= 0.6 is 12.2 Å². The summed E-state index contributed by atoms with van der Waals surface area (Å²) in [6.07, 6.45) is 5.63. The molecule has 0 spiro atoms. The fraction of sp³-hybridized carbons (Fsp3) is 0.167. The van der Waals surface area contributed by atoms with Crippen LogP contribution in [0, 0.1) is 6.92 Å². The molecule has 0 bridgehead atoms. The topological polar surface area (TPSA) is 46.2 Å². The van der Waals surface area contributed by atoms with Gasteiger partial charge < -0.3 is 19.2 Å². The molecular weight excluding hydrogens is 392 g/mol. The predicted octanol–water partition coefficient (Wildman–Crippen LogP) is 4.95. The van der Waals surface area contributed by atoms with Gasteiger partial charge in [-0.2, -0.15) is 0 Å². The molecule has 1 N–H and O–H groups in total. The summed E-state index contributed by atoms with van der Waals surface area (Å²) in [5.41, 5.74) is 4.46. The van der Waals surface area contributed by atoms with Crippen molar-refractivity contribution in [3.8, 4) is 5.69 Å². The second-order valence-electron chi connectivity index (χ2n) is 7.48. The normalized spacial score (nSPS) is 18.6. The van der Waals surface area contributed by atoms with Crippen molar-refractivity contribution >= 4 is 17.3 Å². The van der Waals surface area contributed by atoms with Crippen LogP contribution in [0.15, 0.2) is 89.8 Å². The lowest BCUT2D eigenvalue weighted by molar-refractivity contribution is 0.280. The summed E-state index contributed by atoms with van der Waals surface area (Å²) < 4.78 is 7.86. The summed E-state index contributed by atoms with van der Waals surface area (Å²) in [7, 11) is 0. The molecule has 0 saturated carbocycles. The Hall–Kier alpha value is -3.38. The van der Waals surface area contributed by atoms with Gasteiger partial charge in [0.1, 0.15) is 5.76 Å². The van der Waals surface area contributed by atoms with E-state index in [-0.39, 0.29) is 12.1 Å². The van der Waals surface area contributed by atoms with Gasteiger partial charge in [0.2, 0.25) is 0 Å². The molecule has 150 valence electrons. The quantitative estimate of drug-likeness (QED) is 0.469. The molecule has 4 heterocycles. The number of aromatic nitrogens is 2. The molecule has 6 heteroatoms. The number of thiocarbonyl (C=S) groups is 1. The highest BCUT2D eigenvalue weighted by Gasteiger charge is 2.41. The molecule has 30 heavy (non-hydrogen) atoms. The minimum Gasteiger partial charge on any atom is -0.467 e. The Morgan fingerprint density at radius 1 is 1.07 bits per heavy atom. The number of furan rings is 1. The lowest BCUT2D eigenvalue weighted by Crippen LogP contribution is -2.29. The van der Waals surface area contributed by atoms with E-state index >= 15 is 0 Å². The largest absolute Gasteiger partial charge is 0.467 e. The van der Waals surface area contributed by atoms with Gasteiger partial charge in [0.25, 0.3) is 0 Å². The third-order valence-electron chi connectivity index (χ3n) is 5.47. The Labute approximate surface area is 181 Å². The van der Waals surface area contributed by atoms with Gasteiger partial charge in [0, 0.05) is 23.8 Å². The molecule has 2 atom stereocenters. The maximum Gasteiger partial charge on any atom is 0.170 e. The van der Waals surface area contributed by atoms with Gasteiger partial charge in [0.05, 0.1) is 30.6 Å². The highest BCUT2D eigenvalue weighted by Crippen LogP contribution is 2.40. The average Bonchev–Trinajstić information content (AvgIpc) is 3.50. The van der Waals surface area contributed by atoms with Crippen LogP contribution in [0.4, 0.5) is 0 Å². The van der Waals surface area contributed by atoms with Crippen molar-refractivity contribution in [3.63, 3.8) is 0 Å². The van der Waals surface area contributed by atoms with E-state index in [9.17, 15) is 0 Å². The summed E-state index contributed by atoms with van der Waals surface area (Å²) in [4.78, 5) is 6.81. The number of rotatable bonds is 5. The van der Waals surface area contributed by atoms with Gasteiger partial charge in [-0.3, -0.25) is 4.98 Å². The van der Waals surface area contributed by atoms with Crippen molar-refractivity contribution in [2.75, 3.05) is 0 Å². The standard InChI is InChI=1S/C24H22N4OS/c1-17-7-4-8-18(15-17)27-13-5-11-21(27)23-22(20-10-2-3-12-25-20)26-24(30)28(23)16-19-9-6-14-29-19/h2-15,22-23H,16H2,1H3,(H,26,30)/t22-,23-/m0/s1. The van der Waals surface area contributed by atoms with Crippen molar-refractivity contribution in [2.24, 2.45) is 0 Å². The van der Waals surface area contributed by atoms with E-state index in [2.05, 4.69) is 69.3 Å². The van der Waals surface area contributed by atoms with Crippen molar-refractivity contribution < 1.29 is 4.42 Å². The Bertz CT molecular complexity index is 1150. The molecule has 0 radical (unpaired) electrons. The summed E-state index contributed by atoms with van der Waals surface area (Å²) >= 11 is 5.76.